The summed E-state index contributed by atoms with van der Waals surface area (Å²) in [6, 6.07) is 9.11. The monoisotopic (exact) mass is 243 g/mol. The van der Waals surface area contributed by atoms with Crippen molar-refractivity contribution < 1.29 is 0 Å². The number of aryl methyl sites for hydroxylation is 1. The van der Waals surface area contributed by atoms with E-state index in [-0.39, 0.29) is 0 Å². The van der Waals surface area contributed by atoms with Gasteiger partial charge in [0.1, 0.15) is 0 Å². The number of hydrogen-bond donors (Lipinski definition) is 0. The fraction of sp³-hybridized carbons (Fsp3) is 0.500. The van der Waals surface area contributed by atoms with Gasteiger partial charge in [-0.15, -0.1) is 0 Å². The minimum atomic E-state index is 1.07. The highest BCUT2D eigenvalue weighted by molar-refractivity contribution is 5.24. The van der Waals surface area contributed by atoms with Gasteiger partial charge in [-0.1, -0.05) is 75.9 Å². The van der Waals surface area contributed by atoms with Crippen LogP contribution in [0.15, 0.2) is 36.4 Å². The molecule has 0 aliphatic carbocycles. The Morgan fingerprint density at radius 2 is 1.67 bits per heavy atom. The predicted molar refractivity (Wildman–Crippen MR) is 81.7 cm³/mol. The molecular weight excluding hydrogens is 216 g/mol. The van der Waals surface area contributed by atoms with Gasteiger partial charge in [-0.3, -0.25) is 0 Å². The van der Waals surface area contributed by atoms with Gasteiger partial charge in [0, 0.05) is 0 Å². The second-order valence-corrected chi connectivity index (χ2v) is 4.94. The third-order valence-electron chi connectivity index (χ3n) is 3.21. The first-order chi connectivity index (χ1) is 8.86. The van der Waals surface area contributed by atoms with Gasteiger partial charge >= 0.3 is 0 Å². The molecule has 1 rings (SSSR count). The van der Waals surface area contributed by atoms with E-state index in [1.165, 1.54) is 49.7 Å². The second kappa shape index (κ2) is 9.94. The average molecular weight is 243 g/mol. The van der Waals surface area contributed by atoms with Crippen LogP contribution in [0.2, 0.25) is 0 Å². The van der Waals surface area contributed by atoms with Crippen molar-refractivity contribution in [3.63, 3.8) is 0 Å². The predicted octanol–water partition coefficient (Wildman–Crippen LogP) is 5.52. The van der Waals surface area contributed by atoms with Crippen molar-refractivity contribution in [2.24, 2.45) is 0 Å². The van der Waals surface area contributed by atoms with Crippen LogP contribution in [-0.4, -0.2) is 0 Å². The number of benzene rings is 1. The van der Waals surface area contributed by atoms with Gasteiger partial charge in [-0.25, -0.2) is 0 Å². The zero-order chi connectivity index (χ0) is 13.1. The first kappa shape index (κ1) is 15.0. The SMILES string of the molecule is [CH2]CCCCCc1ccc(C/C=C/CCC)cc1. The normalized spacial score (nSPS) is 11.2. The maximum atomic E-state index is 3.88. The molecule has 0 atom stereocenters. The van der Waals surface area contributed by atoms with E-state index in [9.17, 15) is 0 Å². The van der Waals surface area contributed by atoms with Gasteiger partial charge in [0.2, 0.25) is 0 Å². The Hall–Kier alpha value is -1.04. The molecule has 0 unspecified atom stereocenters. The highest BCUT2D eigenvalue weighted by Gasteiger charge is 1.94. The Balaban J connectivity index is 2.28. The lowest BCUT2D eigenvalue weighted by atomic mass is 10.0. The summed E-state index contributed by atoms with van der Waals surface area (Å²) in [6.45, 7) is 6.09. The molecule has 1 radical (unpaired) electrons. The van der Waals surface area contributed by atoms with Gasteiger partial charge in [0.05, 0.1) is 0 Å². The molecule has 18 heavy (non-hydrogen) atoms. The molecule has 0 N–H and O–H groups in total. The van der Waals surface area contributed by atoms with Crippen molar-refractivity contribution in [3.8, 4) is 0 Å². The molecule has 0 heterocycles. The van der Waals surface area contributed by atoms with Crippen molar-refractivity contribution in [1.82, 2.24) is 0 Å². The summed E-state index contributed by atoms with van der Waals surface area (Å²) in [6.07, 6.45) is 14.2. The maximum Gasteiger partial charge on any atom is -0.00975 e. The summed E-state index contributed by atoms with van der Waals surface area (Å²) in [5.74, 6) is 0. The van der Waals surface area contributed by atoms with E-state index >= 15 is 0 Å². The van der Waals surface area contributed by atoms with Crippen LogP contribution in [0.25, 0.3) is 0 Å². The Morgan fingerprint density at radius 1 is 0.944 bits per heavy atom. The second-order valence-electron chi connectivity index (χ2n) is 4.94. The Bertz CT molecular complexity index is 318. The van der Waals surface area contributed by atoms with Crippen molar-refractivity contribution in [2.45, 2.75) is 58.3 Å². The third-order valence-corrected chi connectivity index (χ3v) is 3.21. The molecule has 0 aromatic heterocycles. The van der Waals surface area contributed by atoms with Crippen molar-refractivity contribution >= 4 is 0 Å². The minimum Gasteiger partial charge on any atom is -0.0882 e. The molecule has 99 valence electrons. The molecule has 0 spiro atoms. The van der Waals surface area contributed by atoms with E-state index in [0.29, 0.717) is 0 Å². The molecule has 1 aromatic carbocycles. The Kier molecular flexibility index (Phi) is 8.29. The van der Waals surface area contributed by atoms with Crippen LogP contribution in [0.4, 0.5) is 0 Å². The molecule has 0 fully saturated rings. The molecule has 0 amide bonds. The summed E-state index contributed by atoms with van der Waals surface area (Å²) < 4.78 is 0. The lowest BCUT2D eigenvalue weighted by molar-refractivity contribution is 0.686. The highest BCUT2D eigenvalue weighted by atomic mass is 14.0. The van der Waals surface area contributed by atoms with Crippen LogP contribution in [-0.2, 0) is 12.8 Å². The zero-order valence-electron chi connectivity index (χ0n) is 11.8. The van der Waals surface area contributed by atoms with Gasteiger partial charge in [0.25, 0.3) is 0 Å². The van der Waals surface area contributed by atoms with E-state index < -0.39 is 0 Å². The standard InChI is InChI=1S/C18H27/c1-3-5-7-9-11-17-13-15-18(16-14-17)12-10-8-6-4-2/h8,10,13-16H,1,3-7,9,11-12H2,2H3/b10-8+. The Labute approximate surface area is 113 Å². The van der Waals surface area contributed by atoms with E-state index in [1.807, 2.05) is 0 Å². The van der Waals surface area contributed by atoms with Crippen molar-refractivity contribution in [1.29, 1.82) is 0 Å². The lowest BCUT2D eigenvalue weighted by Gasteiger charge is -2.03. The largest absolute Gasteiger partial charge is 0.0882 e. The lowest BCUT2D eigenvalue weighted by Crippen LogP contribution is -1.87. The molecule has 0 saturated carbocycles. The summed E-state index contributed by atoms with van der Waals surface area (Å²) in [7, 11) is 0. The molecule has 0 aliphatic heterocycles. The first-order valence-electron chi connectivity index (χ1n) is 7.39. The summed E-state index contributed by atoms with van der Waals surface area (Å²) >= 11 is 0. The van der Waals surface area contributed by atoms with E-state index in [1.54, 1.807) is 0 Å². The summed E-state index contributed by atoms with van der Waals surface area (Å²) in [4.78, 5) is 0. The van der Waals surface area contributed by atoms with Gasteiger partial charge in [0.15, 0.2) is 0 Å². The van der Waals surface area contributed by atoms with Crippen LogP contribution in [0, 0.1) is 6.92 Å². The Morgan fingerprint density at radius 3 is 2.33 bits per heavy atom. The fourth-order valence-electron chi connectivity index (χ4n) is 2.03. The summed E-state index contributed by atoms with van der Waals surface area (Å²) in [5.41, 5.74) is 2.89. The molecule has 0 aliphatic rings. The zero-order valence-corrected chi connectivity index (χ0v) is 11.8. The fourth-order valence-corrected chi connectivity index (χ4v) is 2.03. The molecular formula is C18H27. The van der Waals surface area contributed by atoms with E-state index in [4.69, 9.17) is 0 Å². The topological polar surface area (TPSA) is 0 Å². The van der Waals surface area contributed by atoms with E-state index in [0.717, 1.165) is 12.8 Å². The summed E-state index contributed by atoms with van der Waals surface area (Å²) in [5, 5.41) is 0. The van der Waals surface area contributed by atoms with Gasteiger partial charge in [-0.05, 0) is 36.8 Å². The smallest absolute Gasteiger partial charge is 0.00975 e. The van der Waals surface area contributed by atoms with Crippen LogP contribution in [0.3, 0.4) is 0 Å². The highest BCUT2D eigenvalue weighted by Crippen LogP contribution is 2.10. The number of rotatable bonds is 9. The van der Waals surface area contributed by atoms with Crippen LogP contribution < -0.4 is 0 Å². The minimum absolute atomic E-state index is 1.07. The van der Waals surface area contributed by atoms with Crippen molar-refractivity contribution in [3.05, 3.63) is 54.5 Å². The number of hydrogen-bond acceptors (Lipinski definition) is 0. The van der Waals surface area contributed by atoms with Gasteiger partial charge < -0.3 is 0 Å². The first-order valence-corrected chi connectivity index (χ1v) is 7.39. The quantitative estimate of drug-likeness (QED) is 0.395. The maximum absolute atomic E-state index is 3.88. The van der Waals surface area contributed by atoms with Crippen LogP contribution in [0.1, 0.15) is 56.6 Å². The average Bonchev–Trinajstić information content (AvgIpc) is 2.41. The molecule has 0 saturated heterocycles. The van der Waals surface area contributed by atoms with Gasteiger partial charge in [-0.2, -0.15) is 0 Å². The molecule has 1 aromatic rings. The van der Waals surface area contributed by atoms with Crippen molar-refractivity contribution in [2.75, 3.05) is 0 Å². The van der Waals surface area contributed by atoms with Crippen LogP contribution in [0.5, 0.6) is 0 Å². The number of allylic oxidation sites excluding steroid dienone is 2. The molecule has 0 bridgehead atoms. The third kappa shape index (κ3) is 6.64. The van der Waals surface area contributed by atoms with E-state index in [2.05, 4.69) is 50.3 Å². The molecule has 0 nitrogen and oxygen atoms in total. The molecule has 0 heteroatoms. The van der Waals surface area contributed by atoms with Crippen LogP contribution >= 0.6 is 0 Å². The number of unbranched alkanes of at least 4 members (excludes halogenated alkanes) is 4.